The van der Waals surface area contributed by atoms with Gasteiger partial charge in [-0.3, -0.25) is 10.2 Å². The molecule has 39 heavy (non-hydrogen) atoms. The fraction of sp³-hybridized carbons (Fsp3) is 0.560. The van der Waals surface area contributed by atoms with Crippen molar-refractivity contribution in [2.45, 2.75) is 38.7 Å². The highest BCUT2D eigenvalue weighted by Crippen LogP contribution is 2.31. The molecule has 0 atom stereocenters. The van der Waals surface area contributed by atoms with Crippen molar-refractivity contribution >= 4 is 40.1 Å². The fourth-order valence-electron chi connectivity index (χ4n) is 4.19. The molecule has 2 heterocycles. The van der Waals surface area contributed by atoms with E-state index in [4.69, 9.17) is 21.4 Å². The number of amides is 2. The van der Waals surface area contributed by atoms with Gasteiger partial charge in [0.1, 0.15) is 23.2 Å². The highest BCUT2D eigenvalue weighted by molar-refractivity contribution is 7.11. The molecule has 1 aliphatic rings. The molecule has 0 saturated carbocycles. The summed E-state index contributed by atoms with van der Waals surface area (Å²) in [5, 5.41) is 23.3. The Morgan fingerprint density at radius 2 is 1.69 bits per heavy atom. The number of β-amino-alcohol motifs (C(OH)–C–C–N with tert-alkyl or cyclic N) is 1. The standard InChI is InChI=1S/C25H34ClF2N5O5S/c26-18-15-19(27)17(14-20(18)28)16-38-22-21(24(35)36)23(39-31-22)30-25(37)29-6-4-2-1-3-5-7-32-8-10-33(11-9-32)12-13-34/h14-15,34H,1-13,16H2,(H,35,36)(H2,29,30,37). The summed E-state index contributed by atoms with van der Waals surface area (Å²) in [4.78, 5) is 28.7. The molecule has 2 amide bonds. The monoisotopic (exact) mass is 589 g/mol. The number of piperazine rings is 1. The minimum Gasteiger partial charge on any atom is -0.477 e. The lowest BCUT2D eigenvalue weighted by Crippen LogP contribution is -2.47. The average Bonchev–Trinajstić information content (AvgIpc) is 3.30. The summed E-state index contributed by atoms with van der Waals surface area (Å²) in [6.07, 6.45) is 5.05. The molecule has 0 aliphatic carbocycles. The van der Waals surface area contributed by atoms with Gasteiger partial charge in [0.25, 0.3) is 0 Å². The number of urea groups is 1. The first-order valence-electron chi connectivity index (χ1n) is 12.9. The summed E-state index contributed by atoms with van der Waals surface area (Å²) in [6, 6.07) is 1.09. The van der Waals surface area contributed by atoms with Gasteiger partial charge < -0.3 is 25.2 Å². The number of halogens is 3. The van der Waals surface area contributed by atoms with Crippen molar-refractivity contribution in [1.82, 2.24) is 19.5 Å². The third kappa shape index (κ3) is 9.84. The van der Waals surface area contributed by atoms with Crippen molar-refractivity contribution < 1.29 is 33.3 Å². The van der Waals surface area contributed by atoms with Crippen LogP contribution in [0.4, 0.5) is 18.6 Å². The number of carbonyl (C=O) groups is 2. The topological polar surface area (TPSA) is 127 Å². The van der Waals surface area contributed by atoms with Crippen molar-refractivity contribution in [2.75, 3.05) is 57.7 Å². The first-order valence-corrected chi connectivity index (χ1v) is 14.0. The van der Waals surface area contributed by atoms with E-state index in [1.54, 1.807) is 0 Å². The number of carboxylic acid groups (broad SMARTS) is 1. The zero-order chi connectivity index (χ0) is 28.2. The van der Waals surface area contributed by atoms with Gasteiger partial charge in [0.2, 0.25) is 5.88 Å². The first kappa shape index (κ1) is 31.0. The van der Waals surface area contributed by atoms with Crippen LogP contribution in [-0.4, -0.2) is 88.8 Å². The van der Waals surface area contributed by atoms with E-state index in [1.807, 2.05) is 0 Å². The van der Waals surface area contributed by atoms with Crippen LogP contribution in [-0.2, 0) is 6.61 Å². The SMILES string of the molecule is O=C(NCCCCCCCN1CCN(CCO)CC1)Nc1snc(OCc2cc(F)c(Cl)cc2F)c1C(=O)O. The minimum absolute atomic E-state index is 0.0325. The summed E-state index contributed by atoms with van der Waals surface area (Å²) in [5.41, 5.74) is -0.537. The van der Waals surface area contributed by atoms with Gasteiger partial charge in [-0.15, -0.1) is 0 Å². The number of hydrogen-bond acceptors (Lipinski definition) is 8. The lowest BCUT2D eigenvalue weighted by Gasteiger charge is -2.34. The lowest BCUT2D eigenvalue weighted by molar-refractivity contribution is 0.0693. The number of benzene rings is 1. The van der Waals surface area contributed by atoms with E-state index >= 15 is 0 Å². The lowest BCUT2D eigenvalue weighted by atomic mass is 10.1. The second-order valence-corrected chi connectivity index (χ2v) is 10.4. The second-order valence-electron chi connectivity index (χ2n) is 9.20. The molecule has 0 radical (unpaired) electrons. The number of ether oxygens (including phenoxy) is 1. The quantitative estimate of drug-likeness (QED) is 0.181. The third-order valence-corrected chi connectivity index (χ3v) is 7.41. The number of aromatic carboxylic acids is 1. The summed E-state index contributed by atoms with van der Waals surface area (Å²) in [5.74, 6) is -3.34. The summed E-state index contributed by atoms with van der Waals surface area (Å²) >= 11 is 6.25. The normalized spacial score (nSPS) is 14.4. The number of carbonyl (C=O) groups excluding carboxylic acids is 1. The van der Waals surface area contributed by atoms with Gasteiger partial charge in [-0.2, -0.15) is 4.37 Å². The van der Waals surface area contributed by atoms with Crippen molar-refractivity contribution in [1.29, 1.82) is 0 Å². The molecule has 14 heteroatoms. The van der Waals surface area contributed by atoms with Gasteiger partial charge in [-0.25, -0.2) is 18.4 Å². The highest BCUT2D eigenvalue weighted by atomic mass is 35.5. The van der Waals surface area contributed by atoms with Gasteiger partial charge in [0.15, 0.2) is 5.56 Å². The summed E-state index contributed by atoms with van der Waals surface area (Å²) < 4.78 is 36.8. The highest BCUT2D eigenvalue weighted by Gasteiger charge is 2.24. The van der Waals surface area contributed by atoms with E-state index in [0.717, 1.165) is 83.5 Å². The molecule has 10 nitrogen and oxygen atoms in total. The van der Waals surface area contributed by atoms with Crippen LogP contribution in [0.2, 0.25) is 5.02 Å². The Hall–Kier alpha value is -2.58. The van der Waals surface area contributed by atoms with E-state index in [0.29, 0.717) is 18.1 Å². The van der Waals surface area contributed by atoms with Gasteiger partial charge in [0.05, 0.1) is 11.6 Å². The van der Waals surface area contributed by atoms with E-state index < -0.39 is 30.2 Å². The Kier molecular flexibility index (Phi) is 12.6. The van der Waals surface area contributed by atoms with E-state index in [1.165, 1.54) is 0 Å². The Balaban J connectivity index is 1.33. The molecule has 0 unspecified atom stereocenters. The molecule has 1 saturated heterocycles. The molecular formula is C25H34ClF2N5O5S. The van der Waals surface area contributed by atoms with Crippen LogP contribution in [0.3, 0.4) is 0 Å². The van der Waals surface area contributed by atoms with Gasteiger partial charge >= 0.3 is 12.0 Å². The van der Waals surface area contributed by atoms with Crippen LogP contribution < -0.4 is 15.4 Å². The predicted octanol–water partition coefficient (Wildman–Crippen LogP) is 4.03. The smallest absolute Gasteiger partial charge is 0.344 e. The first-order chi connectivity index (χ1) is 18.8. The zero-order valence-corrected chi connectivity index (χ0v) is 23.1. The molecule has 0 bridgehead atoms. The molecule has 1 aromatic carbocycles. The maximum atomic E-state index is 14.0. The van der Waals surface area contributed by atoms with E-state index in [-0.39, 0.29) is 33.6 Å². The summed E-state index contributed by atoms with van der Waals surface area (Å²) in [6.45, 7) is 6.07. The minimum atomic E-state index is -1.39. The average molecular weight is 590 g/mol. The molecular weight excluding hydrogens is 556 g/mol. The molecule has 2 aromatic rings. The number of nitrogens with one attached hydrogen (secondary N) is 2. The summed E-state index contributed by atoms with van der Waals surface area (Å²) in [7, 11) is 0. The number of unbranched alkanes of at least 4 members (excludes halogenated alkanes) is 4. The number of carboxylic acids is 1. The van der Waals surface area contributed by atoms with Crippen LogP contribution in [0.25, 0.3) is 0 Å². The number of rotatable bonds is 15. The number of anilines is 1. The maximum absolute atomic E-state index is 14.0. The van der Waals surface area contributed by atoms with Crippen LogP contribution in [0.5, 0.6) is 5.88 Å². The van der Waals surface area contributed by atoms with Crippen molar-refractivity contribution in [3.63, 3.8) is 0 Å². The van der Waals surface area contributed by atoms with Crippen LogP contribution >= 0.6 is 23.1 Å². The number of aliphatic hydroxyl groups is 1. The Morgan fingerprint density at radius 1 is 1.03 bits per heavy atom. The third-order valence-electron chi connectivity index (χ3n) is 6.37. The fourth-order valence-corrected chi connectivity index (χ4v) is 5.06. The maximum Gasteiger partial charge on any atom is 0.344 e. The van der Waals surface area contributed by atoms with E-state index in [2.05, 4.69) is 24.8 Å². The van der Waals surface area contributed by atoms with Gasteiger partial charge in [0, 0.05) is 44.8 Å². The van der Waals surface area contributed by atoms with Gasteiger partial charge in [-0.1, -0.05) is 30.9 Å². The Bertz CT molecular complexity index is 1100. The molecule has 1 fully saturated rings. The van der Waals surface area contributed by atoms with Crippen LogP contribution in [0.1, 0.15) is 48.0 Å². The molecule has 1 aromatic heterocycles. The number of aromatic nitrogens is 1. The number of hydrogen-bond donors (Lipinski definition) is 4. The molecule has 3 rings (SSSR count). The van der Waals surface area contributed by atoms with Crippen molar-refractivity contribution in [2.24, 2.45) is 0 Å². The molecule has 0 spiro atoms. The molecule has 1 aliphatic heterocycles. The Labute approximate surface area is 235 Å². The second kappa shape index (κ2) is 15.9. The zero-order valence-electron chi connectivity index (χ0n) is 21.6. The van der Waals surface area contributed by atoms with E-state index in [9.17, 15) is 23.5 Å². The molecule has 4 N–H and O–H groups in total. The Morgan fingerprint density at radius 3 is 2.38 bits per heavy atom. The largest absolute Gasteiger partial charge is 0.477 e. The number of nitrogens with zero attached hydrogens (tertiary/aromatic N) is 3. The number of aliphatic hydroxyl groups excluding tert-OH is 1. The van der Waals surface area contributed by atoms with Gasteiger partial charge in [-0.05, 0) is 43.1 Å². The van der Waals surface area contributed by atoms with Crippen LogP contribution in [0.15, 0.2) is 12.1 Å². The molecule has 216 valence electrons. The van der Waals surface area contributed by atoms with Crippen LogP contribution in [0, 0.1) is 11.6 Å². The van der Waals surface area contributed by atoms with Crippen molar-refractivity contribution in [3.05, 3.63) is 39.9 Å². The predicted molar refractivity (Wildman–Crippen MR) is 145 cm³/mol. The van der Waals surface area contributed by atoms with Crippen molar-refractivity contribution in [3.8, 4) is 5.88 Å².